The second-order valence-corrected chi connectivity index (χ2v) is 4.76. The number of imidazole rings is 1. The molecular formula is C11H16N4O2. The van der Waals surface area contributed by atoms with Gasteiger partial charge in [0.2, 0.25) is 0 Å². The van der Waals surface area contributed by atoms with Crippen molar-refractivity contribution in [3.05, 3.63) is 17.7 Å². The molecule has 0 bridgehead atoms. The average molecular weight is 236 g/mol. The van der Waals surface area contributed by atoms with E-state index in [2.05, 4.69) is 20.6 Å². The van der Waals surface area contributed by atoms with Gasteiger partial charge in [0.25, 0.3) is 0 Å². The molecule has 1 saturated heterocycles. The van der Waals surface area contributed by atoms with Crippen molar-refractivity contribution in [1.29, 1.82) is 0 Å². The van der Waals surface area contributed by atoms with Crippen molar-refractivity contribution < 1.29 is 9.90 Å². The lowest BCUT2D eigenvalue weighted by molar-refractivity contribution is -0.140. The number of hydrogen-bond donors (Lipinski definition) is 4. The third-order valence-electron chi connectivity index (χ3n) is 3.70. The Morgan fingerprint density at radius 2 is 2.41 bits per heavy atom. The predicted molar refractivity (Wildman–Crippen MR) is 60.6 cm³/mol. The summed E-state index contributed by atoms with van der Waals surface area (Å²) in [4.78, 5) is 18.5. The van der Waals surface area contributed by atoms with Gasteiger partial charge in [-0.15, -0.1) is 0 Å². The standard InChI is InChI=1S/C11H16N4O2/c16-11(17)8-3-7-10(14-5-13-7)9(15-8)6-1-2-12-4-6/h5-6,8-9,12,15H,1-4H2,(H,13,14)(H,16,17)/t6?,8-,9?/m1/s1. The Labute approximate surface area is 98.8 Å². The van der Waals surface area contributed by atoms with Gasteiger partial charge < -0.3 is 15.4 Å². The molecule has 2 aliphatic heterocycles. The van der Waals surface area contributed by atoms with Crippen LogP contribution in [0.25, 0.3) is 0 Å². The molecule has 17 heavy (non-hydrogen) atoms. The lowest BCUT2D eigenvalue weighted by Gasteiger charge is -2.31. The Balaban J connectivity index is 1.89. The molecule has 92 valence electrons. The lowest BCUT2D eigenvalue weighted by atomic mass is 9.89. The molecule has 1 aromatic heterocycles. The topological polar surface area (TPSA) is 90.0 Å². The van der Waals surface area contributed by atoms with Gasteiger partial charge in [0.15, 0.2) is 0 Å². The summed E-state index contributed by atoms with van der Waals surface area (Å²) in [6, 6.07) is -0.449. The zero-order valence-corrected chi connectivity index (χ0v) is 9.44. The second kappa shape index (κ2) is 4.12. The highest BCUT2D eigenvalue weighted by Gasteiger charge is 2.37. The molecular weight excluding hydrogens is 220 g/mol. The van der Waals surface area contributed by atoms with Crippen LogP contribution in [0.15, 0.2) is 6.33 Å². The molecule has 0 saturated carbocycles. The van der Waals surface area contributed by atoms with Crippen molar-refractivity contribution in [3.8, 4) is 0 Å². The Kier molecular flexibility index (Phi) is 2.60. The van der Waals surface area contributed by atoms with Crippen molar-refractivity contribution in [1.82, 2.24) is 20.6 Å². The average Bonchev–Trinajstić information content (AvgIpc) is 2.98. The van der Waals surface area contributed by atoms with E-state index in [1.54, 1.807) is 6.33 Å². The Morgan fingerprint density at radius 1 is 1.53 bits per heavy atom. The largest absolute Gasteiger partial charge is 0.480 e. The van der Waals surface area contributed by atoms with Crippen LogP contribution in [0.4, 0.5) is 0 Å². The summed E-state index contributed by atoms with van der Waals surface area (Å²) in [5.41, 5.74) is 1.96. The first-order valence-corrected chi connectivity index (χ1v) is 5.97. The van der Waals surface area contributed by atoms with Crippen molar-refractivity contribution in [2.24, 2.45) is 5.92 Å². The molecule has 0 amide bonds. The molecule has 3 atom stereocenters. The molecule has 2 unspecified atom stereocenters. The van der Waals surface area contributed by atoms with Crippen LogP contribution >= 0.6 is 0 Å². The van der Waals surface area contributed by atoms with Crippen LogP contribution in [0, 0.1) is 5.92 Å². The van der Waals surface area contributed by atoms with E-state index < -0.39 is 12.0 Å². The number of carboxylic acid groups (broad SMARTS) is 1. The number of hydrogen-bond acceptors (Lipinski definition) is 4. The van der Waals surface area contributed by atoms with Gasteiger partial charge in [0.1, 0.15) is 6.04 Å². The van der Waals surface area contributed by atoms with Gasteiger partial charge in [-0.2, -0.15) is 0 Å². The highest BCUT2D eigenvalue weighted by Crippen LogP contribution is 2.31. The number of rotatable bonds is 2. The summed E-state index contributed by atoms with van der Waals surface area (Å²) in [6.07, 6.45) is 3.21. The number of aromatic amines is 1. The van der Waals surface area contributed by atoms with Gasteiger partial charge in [-0.1, -0.05) is 0 Å². The van der Waals surface area contributed by atoms with Crippen LogP contribution in [0.2, 0.25) is 0 Å². The molecule has 0 radical (unpaired) electrons. The minimum absolute atomic E-state index is 0.0566. The van der Waals surface area contributed by atoms with Crippen molar-refractivity contribution >= 4 is 5.97 Å². The van der Waals surface area contributed by atoms with Crippen LogP contribution in [0.1, 0.15) is 23.9 Å². The minimum atomic E-state index is -0.791. The van der Waals surface area contributed by atoms with E-state index in [0.717, 1.165) is 30.9 Å². The van der Waals surface area contributed by atoms with Crippen molar-refractivity contribution in [2.75, 3.05) is 13.1 Å². The first-order chi connectivity index (χ1) is 8.25. The number of fused-ring (bicyclic) bond motifs is 1. The Bertz CT molecular complexity index is 425. The van der Waals surface area contributed by atoms with Gasteiger partial charge >= 0.3 is 5.97 Å². The maximum absolute atomic E-state index is 11.1. The van der Waals surface area contributed by atoms with Gasteiger partial charge in [0, 0.05) is 12.1 Å². The molecule has 1 aromatic rings. The molecule has 0 aliphatic carbocycles. The van der Waals surface area contributed by atoms with E-state index >= 15 is 0 Å². The summed E-state index contributed by atoms with van der Waals surface area (Å²) >= 11 is 0. The highest BCUT2D eigenvalue weighted by molar-refractivity contribution is 5.74. The highest BCUT2D eigenvalue weighted by atomic mass is 16.4. The van der Waals surface area contributed by atoms with Crippen LogP contribution in [-0.4, -0.2) is 40.2 Å². The zero-order chi connectivity index (χ0) is 11.8. The van der Waals surface area contributed by atoms with Crippen LogP contribution < -0.4 is 10.6 Å². The molecule has 3 heterocycles. The number of aliphatic carboxylic acids is 1. The monoisotopic (exact) mass is 236 g/mol. The number of H-pyrrole nitrogens is 1. The van der Waals surface area contributed by atoms with E-state index in [1.165, 1.54) is 0 Å². The third-order valence-corrected chi connectivity index (χ3v) is 3.70. The quantitative estimate of drug-likeness (QED) is 0.564. The number of carboxylic acids is 1. The van der Waals surface area contributed by atoms with Gasteiger partial charge in [-0.25, -0.2) is 4.98 Å². The molecule has 2 aliphatic rings. The molecule has 0 spiro atoms. The fraction of sp³-hybridized carbons (Fsp3) is 0.636. The zero-order valence-electron chi connectivity index (χ0n) is 9.44. The number of nitrogens with one attached hydrogen (secondary N) is 3. The van der Waals surface area contributed by atoms with Gasteiger partial charge in [-0.3, -0.25) is 10.1 Å². The molecule has 3 rings (SSSR count). The van der Waals surface area contributed by atoms with E-state index in [-0.39, 0.29) is 6.04 Å². The Morgan fingerprint density at radius 3 is 3.12 bits per heavy atom. The fourth-order valence-electron chi connectivity index (χ4n) is 2.80. The third kappa shape index (κ3) is 1.83. The lowest BCUT2D eigenvalue weighted by Crippen LogP contribution is -2.47. The van der Waals surface area contributed by atoms with Crippen molar-refractivity contribution in [3.63, 3.8) is 0 Å². The van der Waals surface area contributed by atoms with Crippen LogP contribution in [-0.2, 0) is 11.2 Å². The summed E-state index contributed by atoms with van der Waals surface area (Å²) in [6.45, 7) is 1.93. The molecule has 1 fully saturated rings. The van der Waals surface area contributed by atoms with E-state index in [0.29, 0.717) is 12.3 Å². The predicted octanol–water partition coefficient (Wildman–Crippen LogP) is -0.341. The first kappa shape index (κ1) is 10.7. The van der Waals surface area contributed by atoms with Crippen LogP contribution in [0.5, 0.6) is 0 Å². The van der Waals surface area contributed by atoms with E-state index in [4.69, 9.17) is 5.11 Å². The van der Waals surface area contributed by atoms with Crippen molar-refractivity contribution in [2.45, 2.75) is 24.9 Å². The van der Waals surface area contributed by atoms with Gasteiger partial charge in [-0.05, 0) is 25.4 Å². The maximum atomic E-state index is 11.1. The molecule has 6 heteroatoms. The molecule has 6 nitrogen and oxygen atoms in total. The first-order valence-electron chi connectivity index (χ1n) is 5.97. The molecule has 4 N–H and O–H groups in total. The molecule has 0 aromatic carbocycles. The number of carbonyl (C=O) groups is 1. The minimum Gasteiger partial charge on any atom is -0.480 e. The number of aromatic nitrogens is 2. The second-order valence-electron chi connectivity index (χ2n) is 4.76. The summed E-state index contributed by atoms with van der Waals surface area (Å²) < 4.78 is 0. The van der Waals surface area contributed by atoms with E-state index in [9.17, 15) is 4.79 Å². The SMILES string of the molecule is O=C(O)[C@H]1Cc2[nH]cnc2C(C2CCNC2)N1. The fourth-order valence-corrected chi connectivity index (χ4v) is 2.80. The number of nitrogens with zero attached hydrogens (tertiary/aromatic N) is 1. The normalized spacial score (nSPS) is 32.4. The smallest absolute Gasteiger partial charge is 0.321 e. The summed E-state index contributed by atoms with van der Waals surface area (Å²) in [5, 5.41) is 15.7. The van der Waals surface area contributed by atoms with Crippen LogP contribution in [0.3, 0.4) is 0 Å². The van der Waals surface area contributed by atoms with Gasteiger partial charge in [0.05, 0.1) is 18.1 Å². The Hall–Kier alpha value is -1.40. The summed E-state index contributed by atoms with van der Waals surface area (Å²) in [5.74, 6) is -0.361. The maximum Gasteiger partial charge on any atom is 0.321 e. The summed E-state index contributed by atoms with van der Waals surface area (Å²) in [7, 11) is 0. The van der Waals surface area contributed by atoms with E-state index in [1.807, 2.05) is 0 Å².